The minimum atomic E-state index is -0.729. The van der Waals surface area contributed by atoms with E-state index in [0.717, 1.165) is 66.0 Å². The van der Waals surface area contributed by atoms with E-state index in [9.17, 15) is 5.26 Å². The Balaban J connectivity index is 1.47. The molecular weight excluding hydrogens is 484 g/mol. The van der Waals surface area contributed by atoms with E-state index in [1.54, 1.807) is 0 Å². The van der Waals surface area contributed by atoms with E-state index in [2.05, 4.69) is 28.9 Å². The number of nitriles is 1. The highest BCUT2D eigenvalue weighted by atomic mass is 19.1. The number of aromatic nitrogens is 1. The SMILES string of the molecule is CCN1CCC(C#N)(c2cccc(-c3cnc4c(c3)C(Cc3c(F)c(OC)cc(OC)c3F)=CC4)c2)CC1. The average molecular weight is 516 g/mol. The Hall–Kier alpha value is -3.76. The van der Waals surface area contributed by atoms with Crippen LogP contribution in [0, 0.1) is 23.0 Å². The Labute approximate surface area is 222 Å². The Kier molecular flexibility index (Phi) is 7.18. The third kappa shape index (κ3) is 4.54. The van der Waals surface area contributed by atoms with Crippen LogP contribution in [0.15, 0.2) is 48.7 Å². The van der Waals surface area contributed by atoms with Gasteiger partial charge in [0.25, 0.3) is 0 Å². The quantitative estimate of drug-likeness (QED) is 0.380. The molecule has 0 N–H and O–H groups in total. The molecule has 1 saturated heterocycles. The number of likely N-dealkylation sites (tertiary alicyclic amines) is 1. The first-order chi connectivity index (χ1) is 18.4. The molecule has 2 heterocycles. The van der Waals surface area contributed by atoms with E-state index in [0.29, 0.717) is 6.42 Å². The van der Waals surface area contributed by atoms with Gasteiger partial charge in [-0.3, -0.25) is 4.98 Å². The van der Waals surface area contributed by atoms with Gasteiger partial charge in [-0.05, 0) is 61.3 Å². The number of ether oxygens (including phenoxy) is 2. The maximum Gasteiger partial charge on any atom is 0.171 e. The lowest BCUT2D eigenvalue weighted by atomic mass is 9.73. The van der Waals surface area contributed by atoms with Gasteiger partial charge >= 0.3 is 0 Å². The Bertz CT molecular complexity index is 1410. The van der Waals surface area contributed by atoms with Crippen molar-refractivity contribution in [3.8, 4) is 28.7 Å². The van der Waals surface area contributed by atoms with Gasteiger partial charge < -0.3 is 14.4 Å². The normalized spacial score (nSPS) is 16.5. The molecule has 1 fully saturated rings. The van der Waals surface area contributed by atoms with Crippen LogP contribution in [-0.2, 0) is 18.3 Å². The van der Waals surface area contributed by atoms with Crippen molar-refractivity contribution in [2.75, 3.05) is 33.9 Å². The molecule has 2 aromatic carbocycles. The zero-order valence-electron chi connectivity index (χ0n) is 22.0. The molecule has 0 amide bonds. The fourth-order valence-electron chi connectivity index (χ4n) is 5.58. The lowest BCUT2D eigenvalue weighted by molar-refractivity contribution is 0.194. The lowest BCUT2D eigenvalue weighted by Crippen LogP contribution is -2.41. The first-order valence-corrected chi connectivity index (χ1v) is 12.9. The van der Waals surface area contributed by atoms with E-state index >= 15 is 8.78 Å². The molecule has 0 unspecified atom stereocenters. The fraction of sp³-hybridized carbons (Fsp3) is 0.355. The van der Waals surface area contributed by atoms with E-state index < -0.39 is 17.0 Å². The number of hydrogen-bond donors (Lipinski definition) is 0. The van der Waals surface area contributed by atoms with Crippen LogP contribution in [0.1, 0.15) is 42.1 Å². The van der Waals surface area contributed by atoms with Gasteiger partial charge in [-0.25, -0.2) is 8.78 Å². The molecule has 0 atom stereocenters. The number of nitrogens with zero attached hydrogens (tertiary/aromatic N) is 3. The van der Waals surface area contributed by atoms with Crippen LogP contribution in [0.25, 0.3) is 16.7 Å². The molecule has 0 spiro atoms. The number of allylic oxidation sites excluding steroid dienone is 2. The summed E-state index contributed by atoms with van der Waals surface area (Å²) in [5.74, 6) is -1.57. The third-order valence-electron chi connectivity index (χ3n) is 8.01. The van der Waals surface area contributed by atoms with Gasteiger partial charge in [0.15, 0.2) is 23.1 Å². The maximum atomic E-state index is 15.1. The minimum Gasteiger partial charge on any atom is -0.494 e. The van der Waals surface area contributed by atoms with Gasteiger partial charge in [0.05, 0.1) is 31.4 Å². The maximum absolute atomic E-state index is 15.1. The van der Waals surface area contributed by atoms with Crippen molar-refractivity contribution >= 4 is 5.57 Å². The summed E-state index contributed by atoms with van der Waals surface area (Å²) in [6.07, 6.45) is 6.06. The first kappa shape index (κ1) is 25.9. The molecule has 0 radical (unpaired) electrons. The summed E-state index contributed by atoms with van der Waals surface area (Å²) in [5.41, 5.74) is 4.85. The Morgan fingerprint density at radius 3 is 2.37 bits per heavy atom. The van der Waals surface area contributed by atoms with Crippen molar-refractivity contribution in [3.05, 3.63) is 82.7 Å². The number of rotatable bonds is 7. The number of pyridine rings is 1. The number of hydrogen-bond acceptors (Lipinski definition) is 5. The van der Waals surface area contributed by atoms with Crippen LogP contribution < -0.4 is 9.47 Å². The van der Waals surface area contributed by atoms with E-state index in [4.69, 9.17) is 9.47 Å². The van der Waals surface area contributed by atoms with Gasteiger partial charge in [0, 0.05) is 41.8 Å². The summed E-state index contributed by atoms with van der Waals surface area (Å²) in [5, 5.41) is 10.2. The Morgan fingerprint density at radius 1 is 1.03 bits per heavy atom. The molecule has 0 saturated carbocycles. The molecular formula is C31H31F2N3O2. The van der Waals surface area contributed by atoms with Gasteiger partial charge in [-0.15, -0.1) is 0 Å². The van der Waals surface area contributed by atoms with Gasteiger partial charge in [0.2, 0.25) is 0 Å². The standard InChI is InChI=1S/C31H31F2N3O2/c1-4-36-12-10-31(19-34,11-13-36)23-7-5-6-20(14-23)22-16-24-21(8-9-26(24)35-18-22)15-25-29(32)27(37-2)17-28(38-3)30(25)33/h5-8,14,16-18H,4,9-13,15H2,1-3H3. The molecule has 7 heteroatoms. The molecule has 196 valence electrons. The summed E-state index contributed by atoms with van der Waals surface area (Å²) in [6, 6.07) is 14.0. The van der Waals surface area contributed by atoms with E-state index in [1.165, 1.54) is 20.3 Å². The second-order valence-corrected chi connectivity index (χ2v) is 9.93. The van der Waals surface area contributed by atoms with E-state index in [-0.39, 0.29) is 23.5 Å². The van der Waals surface area contributed by atoms with Crippen LogP contribution >= 0.6 is 0 Å². The molecule has 1 aromatic heterocycles. The van der Waals surface area contributed by atoms with Crippen molar-refractivity contribution in [3.63, 3.8) is 0 Å². The van der Waals surface area contributed by atoms with Crippen LogP contribution in [0.2, 0.25) is 0 Å². The fourth-order valence-corrected chi connectivity index (χ4v) is 5.58. The molecule has 38 heavy (non-hydrogen) atoms. The van der Waals surface area contributed by atoms with Crippen LogP contribution in [0.4, 0.5) is 8.78 Å². The number of methoxy groups -OCH3 is 2. The molecule has 5 rings (SSSR count). The monoisotopic (exact) mass is 515 g/mol. The van der Waals surface area contributed by atoms with Gasteiger partial charge in [0.1, 0.15) is 0 Å². The van der Waals surface area contributed by atoms with Crippen LogP contribution in [0.5, 0.6) is 11.5 Å². The van der Waals surface area contributed by atoms with Crippen LogP contribution in [0.3, 0.4) is 0 Å². The number of benzene rings is 2. The zero-order valence-corrected chi connectivity index (χ0v) is 22.0. The largest absolute Gasteiger partial charge is 0.494 e. The molecule has 3 aromatic rings. The van der Waals surface area contributed by atoms with Gasteiger partial charge in [-0.1, -0.05) is 31.2 Å². The van der Waals surface area contributed by atoms with Crippen molar-refractivity contribution in [1.29, 1.82) is 5.26 Å². The second kappa shape index (κ2) is 10.5. The average Bonchev–Trinajstić information content (AvgIpc) is 3.37. The highest BCUT2D eigenvalue weighted by Crippen LogP contribution is 2.39. The van der Waals surface area contributed by atoms with Gasteiger partial charge in [-0.2, -0.15) is 5.26 Å². The molecule has 2 aliphatic rings. The predicted molar refractivity (Wildman–Crippen MR) is 143 cm³/mol. The van der Waals surface area contributed by atoms with Crippen molar-refractivity contribution in [2.24, 2.45) is 0 Å². The summed E-state index contributed by atoms with van der Waals surface area (Å²) in [6.45, 7) is 4.96. The number of piperidine rings is 1. The predicted octanol–water partition coefficient (Wildman–Crippen LogP) is 6.10. The highest BCUT2D eigenvalue weighted by Gasteiger charge is 2.36. The summed E-state index contributed by atoms with van der Waals surface area (Å²) < 4.78 is 40.3. The second-order valence-electron chi connectivity index (χ2n) is 9.93. The summed E-state index contributed by atoms with van der Waals surface area (Å²) in [4.78, 5) is 7.06. The number of halogens is 2. The van der Waals surface area contributed by atoms with Crippen LogP contribution in [-0.4, -0.2) is 43.7 Å². The number of fused-ring (bicyclic) bond motifs is 1. The Morgan fingerprint density at radius 2 is 1.74 bits per heavy atom. The molecule has 1 aliphatic carbocycles. The van der Waals surface area contributed by atoms with Crippen molar-refractivity contribution in [1.82, 2.24) is 9.88 Å². The lowest BCUT2D eigenvalue weighted by Gasteiger charge is -2.37. The summed E-state index contributed by atoms with van der Waals surface area (Å²) in [7, 11) is 2.69. The molecule has 5 nitrogen and oxygen atoms in total. The smallest absolute Gasteiger partial charge is 0.171 e. The molecule has 0 bridgehead atoms. The highest BCUT2D eigenvalue weighted by molar-refractivity contribution is 5.78. The third-order valence-corrected chi connectivity index (χ3v) is 8.01. The topological polar surface area (TPSA) is 58.4 Å². The van der Waals surface area contributed by atoms with Crippen molar-refractivity contribution < 1.29 is 18.3 Å². The minimum absolute atomic E-state index is 0.0505. The van der Waals surface area contributed by atoms with E-state index in [1.807, 2.05) is 36.5 Å². The van der Waals surface area contributed by atoms with Crippen molar-refractivity contribution in [2.45, 2.75) is 38.0 Å². The first-order valence-electron chi connectivity index (χ1n) is 12.9. The summed E-state index contributed by atoms with van der Waals surface area (Å²) >= 11 is 0. The molecule has 1 aliphatic heterocycles. The zero-order chi connectivity index (χ0) is 26.9.